The van der Waals surface area contributed by atoms with Gasteiger partial charge in [0.1, 0.15) is 5.75 Å². The van der Waals surface area contributed by atoms with E-state index in [4.69, 9.17) is 4.74 Å². The summed E-state index contributed by atoms with van der Waals surface area (Å²) in [6, 6.07) is 8.19. The minimum absolute atomic E-state index is 0.224. The molecule has 0 bridgehead atoms. The largest absolute Gasteiger partial charge is 0.422 e. The molecule has 152 valence electrons. The number of urea groups is 1. The van der Waals surface area contributed by atoms with Crippen LogP contribution in [0.1, 0.15) is 70.1 Å². The fourth-order valence-electron chi connectivity index (χ4n) is 2.65. The van der Waals surface area contributed by atoms with Crippen LogP contribution >= 0.6 is 0 Å². The highest BCUT2D eigenvalue weighted by atomic mass is 16.5. The Morgan fingerprint density at radius 3 is 2.50 bits per heavy atom. The maximum Gasteiger partial charge on any atom is 0.364 e. The summed E-state index contributed by atoms with van der Waals surface area (Å²) in [5.74, 6) is 0.0367. The monoisotopic (exact) mass is 386 g/mol. The Labute approximate surface area is 166 Å². The van der Waals surface area contributed by atoms with Crippen molar-refractivity contribution in [1.82, 2.24) is 15.1 Å². The average Bonchev–Trinajstić information content (AvgIpc) is 3.06. The highest BCUT2D eigenvalue weighted by molar-refractivity contribution is 5.91. The molecule has 2 aromatic rings. The van der Waals surface area contributed by atoms with Crippen LogP contribution in [0.3, 0.4) is 0 Å². The number of benzene rings is 1. The molecule has 2 N–H and O–H groups in total. The van der Waals surface area contributed by atoms with E-state index in [-0.39, 0.29) is 23.2 Å². The normalized spacial score (nSPS) is 11.4. The number of carbonyl (C=O) groups excluding carboxylic acids is 2. The fraction of sp³-hybridized carbons (Fsp3) is 0.476. The summed E-state index contributed by atoms with van der Waals surface area (Å²) >= 11 is 0. The van der Waals surface area contributed by atoms with E-state index in [0.717, 1.165) is 12.1 Å². The van der Waals surface area contributed by atoms with Gasteiger partial charge < -0.3 is 15.4 Å². The summed E-state index contributed by atoms with van der Waals surface area (Å²) in [6.07, 6.45) is 0.852. The highest BCUT2D eigenvalue weighted by Crippen LogP contribution is 2.25. The molecule has 1 aromatic carbocycles. The quantitative estimate of drug-likeness (QED) is 0.565. The first-order valence-corrected chi connectivity index (χ1v) is 9.59. The minimum atomic E-state index is -0.530. The second-order valence-corrected chi connectivity index (χ2v) is 7.99. The molecule has 0 aliphatic carbocycles. The van der Waals surface area contributed by atoms with E-state index in [9.17, 15) is 9.59 Å². The molecule has 0 atom stereocenters. The van der Waals surface area contributed by atoms with Gasteiger partial charge >= 0.3 is 12.0 Å². The van der Waals surface area contributed by atoms with Crippen LogP contribution < -0.4 is 15.4 Å². The van der Waals surface area contributed by atoms with Crippen molar-refractivity contribution in [3.05, 3.63) is 41.7 Å². The summed E-state index contributed by atoms with van der Waals surface area (Å²) in [4.78, 5) is 24.4. The van der Waals surface area contributed by atoms with E-state index in [1.165, 1.54) is 0 Å². The van der Waals surface area contributed by atoms with E-state index < -0.39 is 5.97 Å². The Kier molecular flexibility index (Phi) is 6.83. The van der Waals surface area contributed by atoms with Gasteiger partial charge in [-0.05, 0) is 51.3 Å². The molecule has 7 nitrogen and oxygen atoms in total. The summed E-state index contributed by atoms with van der Waals surface area (Å²) in [7, 11) is 0. The number of anilines is 1. The van der Waals surface area contributed by atoms with Gasteiger partial charge in [0, 0.05) is 24.0 Å². The maximum absolute atomic E-state index is 12.6. The summed E-state index contributed by atoms with van der Waals surface area (Å²) in [5, 5.41) is 9.91. The Bertz CT molecular complexity index is 834. The molecule has 0 saturated carbocycles. The van der Waals surface area contributed by atoms with E-state index in [1.54, 1.807) is 30.3 Å². The van der Waals surface area contributed by atoms with Crippen molar-refractivity contribution in [1.29, 1.82) is 0 Å². The zero-order chi connectivity index (χ0) is 20.9. The molecule has 2 rings (SSSR count). The SMILES string of the molecule is CCCNC(=O)Nc1cccc(OC(=O)c2cc(C(C)C)n(C(C)(C)C)n2)c1. The molecule has 0 saturated heterocycles. The fourth-order valence-corrected chi connectivity index (χ4v) is 2.65. The van der Waals surface area contributed by atoms with Gasteiger partial charge in [0.25, 0.3) is 0 Å². The Balaban J connectivity index is 2.15. The Hall–Kier alpha value is -2.83. The third-order valence-electron chi connectivity index (χ3n) is 4.01. The lowest BCUT2D eigenvalue weighted by Gasteiger charge is -2.23. The van der Waals surface area contributed by atoms with Crippen LogP contribution in [-0.2, 0) is 5.54 Å². The molecular formula is C21H30N4O3. The van der Waals surface area contributed by atoms with Crippen LogP contribution in [0.4, 0.5) is 10.5 Å². The predicted octanol–water partition coefficient (Wildman–Crippen LogP) is 4.51. The first-order chi connectivity index (χ1) is 13.1. The van der Waals surface area contributed by atoms with Crippen LogP contribution in [0.25, 0.3) is 0 Å². The maximum atomic E-state index is 12.6. The second-order valence-electron chi connectivity index (χ2n) is 7.99. The van der Waals surface area contributed by atoms with Crippen LogP contribution in [0.15, 0.2) is 30.3 Å². The van der Waals surface area contributed by atoms with Gasteiger partial charge in [-0.3, -0.25) is 4.68 Å². The third kappa shape index (κ3) is 5.58. The van der Waals surface area contributed by atoms with Crippen molar-refractivity contribution in [3.8, 4) is 5.75 Å². The van der Waals surface area contributed by atoms with Crippen molar-refractivity contribution in [2.75, 3.05) is 11.9 Å². The van der Waals surface area contributed by atoms with Crippen molar-refractivity contribution < 1.29 is 14.3 Å². The lowest BCUT2D eigenvalue weighted by atomic mass is 10.1. The van der Waals surface area contributed by atoms with Gasteiger partial charge in [0.15, 0.2) is 5.69 Å². The van der Waals surface area contributed by atoms with Crippen molar-refractivity contribution in [3.63, 3.8) is 0 Å². The van der Waals surface area contributed by atoms with Gasteiger partial charge in [-0.2, -0.15) is 5.10 Å². The van der Waals surface area contributed by atoms with Crippen LogP contribution in [0, 0.1) is 0 Å². The van der Waals surface area contributed by atoms with E-state index >= 15 is 0 Å². The number of rotatable bonds is 6. The number of hydrogen-bond donors (Lipinski definition) is 2. The molecule has 2 amide bonds. The van der Waals surface area contributed by atoms with Gasteiger partial charge in [-0.1, -0.05) is 26.8 Å². The third-order valence-corrected chi connectivity index (χ3v) is 4.01. The molecule has 0 spiro atoms. The summed E-state index contributed by atoms with van der Waals surface area (Å²) < 4.78 is 7.34. The summed E-state index contributed by atoms with van der Waals surface area (Å²) in [5.41, 5.74) is 1.54. The first kappa shape index (κ1) is 21.5. The number of carbonyl (C=O) groups is 2. The number of hydrogen-bond acceptors (Lipinski definition) is 4. The molecule has 0 aliphatic heterocycles. The second kappa shape index (κ2) is 8.91. The summed E-state index contributed by atoms with van der Waals surface area (Å²) in [6.45, 7) is 12.8. The van der Waals surface area contributed by atoms with E-state index in [0.29, 0.717) is 18.0 Å². The standard InChI is InChI=1S/C21H30N4O3/c1-7-11-22-20(27)23-15-9-8-10-16(12-15)28-19(26)17-13-18(14(2)3)25(24-17)21(4,5)6/h8-10,12-14H,7,11H2,1-6H3,(H2,22,23,27). The number of nitrogens with zero attached hydrogens (tertiary/aromatic N) is 2. The topological polar surface area (TPSA) is 85.3 Å². The number of esters is 1. The zero-order valence-corrected chi connectivity index (χ0v) is 17.5. The van der Waals surface area contributed by atoms with E-state index in [2.05, 4.69) is 29.6 Å². The molecule has 28 heavy (non-hydrogen) atoms. The molecule has 1 aromatic heterocycles. The zero-order valence-electron chi connectivity index (χ0n) is 17.5. The van der Waals surface area contributed by atoms with Crippen molar-refractivity contribution in [2.45, 2.75) is 59.4 Å². The lowest BCUT2D eigenvalue weighted by Crippen LogP contribution is -2.29. The molecule has 7 heteroatoms. The molecule has 0 fully saturated rings. The number of aromatic nitrogens is 2. The van der Waals surface area contributed by atoms with Crippen molar-refractivity contribution >= 4 is 17.7 Å². The van der Waals surface area contributed by atoms with Crippen LogP contribution in [-0.4, -0.2) is 28.3 Å². The number of nitrogens with one attached hydrogen (secondary N) is 2. The van der Waals surface area contributed by atoms with Crippen LogP contribution in [0.5, 0.6) is 5.75 Å². The minimum Gasteiger partial charge on any atom is -0.422 e. The molecule has 0 aliphatic rings. The molecule has 0 radical (unpaired) electrons. The predicted molar refractivity (Wildman–Crippen MR) is 110 cm³/mol. The van der Waals surface area contributed by atoms with Crippen molar-refractivity contribution in [2.24, 2.45) is 0 Å². The van der Waals surface area contributed by atoms with E-state index in [1.807, 2.05) is 32.4 Å². The lowest BCUT2D eigenvalue weighted by molar-refractivity contribution is 0.0727. The first-order valence-electron chi connectivity index (χ1n) is 9.59. The molecular weight excluding hydrogens is 356 g/mol. The highest BCUT2D eigenvalue weighted by Gasteiger charge is 2.24. The molecule has 0 unspecified atom stereocenters. The smallest absolute Gasteiger partial charge is 0.364 e. The average molecular weight is 386 g/mol. The Morgan fingerprint density at radius 1 is 1.21 bits per heavy atom. The van der Waals surface area contributed by atoms with Gasteiger partial charge in [0.05, 0.1) is 5.54 Å². The molecule has 1 heterocycles. The van der Waals surface area contributed by atoms with Gasteiger partial charge in [-0.15, -0.1) is 0 Å². The van der Waals surface area contributed by atoms with Gasteiger partial charge in [0.2, 0.25) is 0 Å². The number of ether oxygens (including phenoxy) is 1. The van der Waals surface area contributed by atoms with Gasteiger partial charge in [-0.25, -0.2) is 9.59 Å². The number of amides is 2. The van der Waals surface area contributed by atoms with Crippen LogP contribution in [0.2, 0.25) is 0 Å². The Morgan fingerprint density at radius 2 is 1.93 bits per heavy atom.